The monoisotopic (exact) mass is 372 g/mol. The molecule has 0 bridgehead atoms. The minimum atomic E-state index is 0.464. The molecule has 0 saturated heterocycles. The number of fused-ring (bicyclic) bond motifs is 1. The van der Waals surface area contributed by atoms with Crippen LogP contribution in [0.15, 0.2) is 42.5 Å². The lowest BCUT2D eigenvalue weighted by Crippen LogP contribution is -2.16. The number of nitrogens with zero attached hydrogens (tertiary/aromatic N) is 2. The molecule has 1 fully saturated rings. The summed E-state index contributed by atoms with van der Waals surface area (Å²) in [7, 11) is 0. The van der Waals surface area contributed by atoms with Crippen LogP contribution in [0.1, 0.15) is 25.7 Å². The summed E-state index contributed by atoms with van der Waals surface area (Å²) in [6.07, 6.45) is 4.90. The lowest BCUT2D eigenvalue weighted by molar-refractivity contribution is 0.752. The molecule has 2 aromatic carbocycles. The molecule has 4 nitrogen and oxygen atoms in total. The van der Waals surface area contributed by atoms with Crippen molar-refractivity contribution in [2.24, 2.45) is 0 Å². The van der Waals surface area contributed by atoms with E-state index in [0.29, 0.717) is 27.7 Å². The van der Waals surface area contributed by atoms with Gasteiger partial charge in [-0.25, -0.2) is 4.98 Å². The molecule has 0 aliphatic heterocycles. The number of para-hydroxylation sites is 1. The van der Waals surface area contributed by atoms with Crippen molar-refractivity contribution in [3.8, 4) is 0 Å². The number of rotatable bonds is 4. The predicted molar refractivity (Wildman–Crippen MR) is 105 cm³/mol. The van der Waals surface area contributed by atoms with Crippen LogP contribution in [0.25, 0.3) is 10.9 Å². The van der Waals surface area contributed by atoms with Gasteiger partial charge in [0.15, 0.2) is 0 Å². The Bertz CT molecular complexity index is 907. The summed E-state index contributed by atoms with van der Waals surface area (Å²) in [4.78, 5) is 9.31. The van der Waals surface area contributed by atoms with Crippen LogP contribution in [0.2, 0.25) is 10.0 Å². The van der Waals surface area contributed by atoms with Gasteiger partial charge >= 0.3 is 0 Å². The number of hydrogen-bond donors (Lipinski definition) is 2. The average Bonchev–Trinajstić information content (AvgIpc) is 3.12. The van der Waals surface area contributed by atoms with Crippen molar-refractivity contribution >= 4 is 51.6 Å². The summed E-state index contributed by atoms with van der Waals surface area (Å²) < 4.78 is 0. The molecule has 1 saturated carbocycles. The highest BCUT2D eigenvalue weighted by molar-refractivity contribution is 6.43. The third-order valence-corrected chi connectivity index (χ3v) is 5.32. The number of anilines is 3. The zero-order valence-electron chi connectivity index (χ0n) is 13.6. The number of nitrogens with one attached hydrogen (secondary N) is 2. The SMILES string of the molecule is Clc1cccc(Nc2nc(NC3CCCC3)c3ccccc3n2)c1Cl. The maximum Gasteiger partial charge on any atom is 0.229 e. The first kappa shape index (κ1) is 16.4. The fourth-order valence-corrected chi connectivity index (χ4v) is 3.57. The fraction of sp³-hybridized carbons (Fsp3) is 0.263. The molecule has 0 amide bonds. The van der Waals surface area contributed by atoms with Gasteiger partial charge in [-0.3, -0.25) is 0 Å². The summed E-state index contributed by atoms with van der Waals surface area (Å²) in [5, 5.41) is 8.76. The molecule has 1 aliphatic rings. The third-order valence-electron chi connectivity index (χ3n) is 4.50. The number of benzene rings is 2. The van der Waals surface area contributed by atoms with Crippen molar-refractivity contribution in [3.63, 3.8) is 0 Å². The third kappa shape index (κ3) is 3.51. The molecule has 0 atom stereocenters. The van der Waals surface area contributed by atoms with Gasteiger partial charge in [-0.1, -0.05) is 54.2 Å². The molecular weight excluding hydrogens is 355 g/mol. The minimum Gasteiger partial charge on any atom is -0.367 e. The zero-order chi connectivity index (χ0) is 17.2. The maximum atomic E-state index is 6.27. The van der Waals surface area contributed by atoms with E-state index in [1.54, 1.807) is 6.07 Å². The Morgan fingerprint density at radius 1 is 0.920 bits per heavy atom. The van der Waals surface area contributed by atoms with Gasteiger partial charge in [-0.15, -0.1) is 0 Å². The lowest BCUT2D eigenvalue weighted by atomic mass is 10.2. The van der Waals surface area contributed by atoms with Crippen LogP contribution >= 0.6 is 23.2 Å². The van der Waals surface area contributed by atoms with Gasteiger partial charge in [0.25, 0.3) is 0 Å². The summed E-state index contributed by atoms with van der Waals surface area (Å²) in [6.45, 7) is 0. The van der Waals surface area contributed by atoms with Gasteiger partial charge in [0.1, 0.15) is 5.82 Å². The molecule has 4 rings (SSSR count). The molecule has 1 aromatic heterocycles. The van der Waals surface area contributed by atoms with Crippen molar-refractivity contribution < 1.29 is 0 Å². The van der Waals surface area contributed by atoms with E-state index in [1.807, 2.05) is 36.4 Å². The van der Waals surface area contributed by atoms with Crippen molar-refractivity contribution in [3.05, 3.63) is 52.5 Å². The van der Waals surface area contributed by atoms with Crippen LogP contribution in [-0.2, 0) is 0 Å². The first-order valence-electron chi connectivity index (χ1n) is 8.45. The number of aromatic nitrogens is 2. The Kier molecular flexibility index (Phi) is 4.64. The second kappa shape index (κ2) is 7.06. The molecule has 0 spiro atoms. The van der Waals surface area contributed by atoms with Crippen LogP contribution in [0.5, 0.6) is 0 Å². The van der Waals surface area contributed by atoms with E-state index in [1.165, 1.54) is 25.7 Å². The Hall–Kier alpha value is -2.04. The fourth-order valence-electron chi connectivity index (χ4n) is 3.23. The molecule has 25 heavy (non-hydrogen) atoms. The van der Waals surface area contributed by atoms with E-state index >= 15 is 0 Å². The highest BCUT2D eigenvalue weighted by atomic mass is 35.5. The Morgan fingerprint density at radius 3 is 2.56 bits per heavy atom. The van der Waals surface area contributed by atoms with Crippen LogP contribution < -0.4 is 10.6 Å². The molecule has 6 heteroatoms. The second-order valence-corrected chi connectivity index (χ2v) is 7.05. The molecular formula is C19H18Cl2N4. The van der Waals surface area contributed by atoms with Crippen LogP contribution in [0.3, 0.4) is 0 Å². The standard InChI is InChI=1S/C19H18Cl2N4/c20-14-9-5-11-16(17(14)21)24-19-23-15-10-4-3-8-13(15)18(25-19)22-12-6-1-2-7-12/h3-5,8-12H,1-2,6-7H2,(H2,22,23,24,25). The van der Waals surface area contributed by atoms with Gasteiger partial charge in [0, 0.05) is 11.4 Å². The first-order chi connectivity index (χ1) is 12.2. The summed E-state index contributed by atoms with van der Waals surface area (Å²) >= 11 is 12.4. The van der Waals surface area contributed by atoms with Crippen molar-refractivity contribution in [2.75, 3.05) is 10.6 Å². The summed E-state index contributed by atoms with van der Waals surface area (Å²) in [5.41, 5.74) is 1.58. The van der Waals surface area contributed by atoms with Crippen molar-refractivity contribution in [1.29, 1.82) is 0 Å². The van der Waals surface area contributed by atoms with Gasteiger partial charge in [-0.05, 0) is 37.1 Å². The summed E-state index contributed by atoms with van der Waals surface area (Å²) in [6, 6.07) is 13.9. The number of hydrogen-bond acceptors (Lipinski definition) is 4. The molecule has 1 aliphatic carbocycles. The van der Waals surface area contributed by atoms with Gasteiger partial charge in [-0.2, -0.15) is 4.98 Å². The van der Waals surface area contributed by atoms with E-state index in [0.717, 1.165) is 16.7 Å². The highest BCUT2D eigenvalue weighted by Crippen LogP contribution is 2.32. The van der Waals surface area contributed by atoms with Crippen molar-refractivity contribution in [2.45, 2.75) is 31.7 Å². The maximum absolute atomic E-state index is 6.27. The second-order valence-electron chi connectivity index (χ2n) is 6.27. The minimum absolute atomic E-state index is 0.464. The van der Waals surface area contributed by atoms with Crippen LogP contribution in [-0.4, -0.2) is 16.0 Å². The Balaban J connectivity index is 1.72. The topological polar surface area (TPSA) is 49.8 Å². The van der Waals surface area contributed by atoms with Crippen molar-refractivity contribution in [1.82, 2.24) is 9.97 Å². The average molecular weight is 373 g/mol. The zero-order valence-corrected chi connectivity index (χ0v) is 15.1. The van der Waals surface area contributed by atoms with Crippen LogP contribution in [0, 0.1) is 0 Å². The Labute approximate surface area is 156 Å². The smallest absolute Gasteiger partial charge is 0.229 e. The van der Waals surface area contributed by atoms with E-state index in [2.05, 4.69) is 15.6 Å². The van der Waals surface area contributed by atoms with Gasteiger partial charge < -0.3 is 10.6 Å². The van der Waals surface area contributed by atoms with E-state index < -0.39 is 0 Å². The predicted octanol–water partition coefficient (Wildman–Crippen LogP) is 6.03. The normalized spacial score (nSPS) is 14.8. The van der Waals surface area contributed by atoms with Gasteiger partial charge in [0.2, 0.25) is 5.95 Å². The Morgan fingerprint density at radius 2 is 1.72 bits per heavy atom. The molecule has 2 N–H and O–H groups in total. The van der Waals surface area contributed by atoms with E-state index in [-0.39, 0.29) is 0 Å². The largest absolute Gasteiger partial charge is 0.367 e. The van der Waals surface area contributed by atoms with Crippen LogP contribution in [0.4, 0.5) is 17.5 Å². The lowest BCUT2D eigenvalue weighted by Gasteiger charge is -2.16. The van der Waals surface area contributed by atoms with E-state index in [4.69, 9.17) is 28.2 Å². The quantitative estimate of drug-likeness (QED) is 0.586. The summed E-state index contributed by atoms with van der Waals surface area (Å²) in [5.74, 6) is 1.36. The number of halogens is 2. The first-order valence-corrected chi connectivity index (χ1v) is 9.20. The molecule has 0 unspecified atom stereocenters. The molecule has 0 radical (unpaired) electrons. The molecule has 128 valence electrons. The highest BCUT2D eigenvalue weighted by Gasteiger charge is 2.17. The molecule has 1 heterocycles. The van der Waals surface area contributed by atoms with E-state index in [9.17, 15) is 0 Å². The van der Waals surface area contributed by atoms with Gasteiger partial charge in [0.05, 0.1) is 21.2 Å². The molecule has 3 aromatic rings.